The lowest BCUT2D eigenvalue weighted by Gasteiger charge is -2.20. The first-order valence-electron chi connectivity index (χ1n) is 7.44. The summed E-state index contributed by atoms with van der Waals surface area (Å²) in [5.74, 6) is 0. The SMILES string of the molecule is CCCNC(c1cccc(C)c1)c1cnnn1CCC. The van der Waals surface area contributed by atoms with E-state index in [0.717, 1.165) is 31.6 Å². The Kier molecular flexibility index (Phi) is 5.30. The monoisotopic (exact) mass is 272 g/mol. The number of aromatic nitrogens is 3. The molecule has 2 rings (SSSR count). The van der Waals surface area contributed by atoms with Crippen LogP contribution in [0.2, 0.25) is 0 Å². The molecule has 0 saturated carbocycles. The fourth-order valence-corrected chi connectivity index (χ4v) is 2.41. The van der Waals surface area contributed by atoms with E-state index < -0.39 is 0 Å². The summed E-state index contributed by atoms with van der Waals surface area (Å²) in [6.07, 6.45) is 4.05. The summed E-state index contributed by atoms with van der Waals surface area (Å²) in [6, 6.07) is 8.80. The number of aryl methyl sites for hydroxylation is 2. The lowest BCUT2D eigenvalue weighted by Crippen LogP contribution is -2.26. The van der Waals surface area contributed by atoms with E-state index in [9.17, 15) is 0 Å². The van der Waals surface area contributed by atoms with Gasteiger partial charge in [0.05, 0.1) is 17.9 Å². The van der Waals surface area contributed by atoms with Crippen LogP contribution in [0.25, 0.3) is 0 Å². The third kappa shape index (κ3) is 3.45. The predicted molar refractivity (Wildman–Crippen MR) is 81.6 cm³/mol. The molecular formula is C16H24N4. The van der Waals surface area contributed by atoms with E-state index in [2.05, 4.69) is 60.7 Å². The van der Waals surface area contributed by atoms with Crippen molar-refractivity contribution in [1.29, 1.82) is 0 Å². The van der Waals surface area contributed by atoms with Gasteiger partial charge in [0.1, 0.15) is 0 Å². The molecule has 0 fully saturated rings. The van der Waals surface area contributed by atoms with Crippen molar-refractivity contribution in [3.63, 3.8) is 0 Å². The van der Waals surface area contributed by atoms with Crippen LogP contribution < -0.4 is 5.32 Å². The molecule has 0 aliphatic carbocycles. The van der Waals surface area contributed by atoms with Gasteiger partial charge in [0, 0.05) is 6.54 Å². The van der Waals surface area contributed by atoms with Crippen LogP contribution in [0.5, 0.6) is 0 Å². The molecule has 1 unspecified atom stereocenters. The van der Waals surface area contributed by atoms with Gasteiger partial charge in [-0.05, 0) is 31.9 Å². The average molecular weight is 272 g/mol. The average Bonchev–Trinajstić information content (AvgIpc) is 2.88. The number of rotatable bonds is 7. The lowest BCUT2D eigenvalue weighted by molar-refractivity contribution is 0.504. The molecule has 108 valence electrons. The van der Waals surface area contributed by atoms with Crippen LogP contribution >= 0.6 is 0 Å². The van der Waals surface area contributed by atoms with E-state index in [-0.39, 0.29) is 6.04 Å². The number of benzene rings is 1. The minimum Gasteiger partial charge on any atom is -0.305 e. The molecule has 20 heavy (non-hydrogen) atoms. The van der Waals surface area contributed by atoms with Crippen molar-refractivity contribution >= 4 is 0 Å². The highest BCUT2D eigenvalue weighted by atomic mass is 15.4. The maximum Gasteiger partial charge on any atom is 0.0801 e. The van der Waals surface area contributed by atoms with E-state index in [1.165, 1.54) is 11.1 Å². The molecule has 1 heterocycles. The second-order valence-corrected chi connectivity index (χ2v) is 5.18. The number of hydrogen-bond acceptors (Lipinski definition) is 3. The van der Waals surface area contributed by atoms with Gasteiger partial charge in [-0.2, -0.15) is 0 Å². The summed E-state index contributed by atoms with van der Waals surface area (Å²) in [4.78, 5) is 0. The summed E-state index contributed by atoms with van der Waals surface area (Å²) in [7, 11) is 0. The van der Waals surface area contributed by atoms with Crippen LogP contribution in [0, 0.1) is 6.92 Å². The van der Waals surface area contributed by atoms with Crippen molar-refractivity contribution in [2.24, 2.45) is 0 Å². The molecule has 1 N–H and O–H groups in total. The van der Waals surface area contributed by atoms with Gasteiger partial charge in [-0.3, -0.25) is 0 Å². The Balaban J connectivity index is 2.33. The Hall–Kier alpha value is -1.68. The first-order chi connectivity index (χ1) is 9.76. The minimum atomic E-state index is 0.163. The summed E-state index contributed by atoms with van der Waals surface area (Å²) in [5.41, 5.74) is 3.70. The predicted octanol–water partition coefficient (Wildman–Crippen LogP) is 3.09. The Labute approximate surface area is 121 Å². The van der Waals surface area contributed by atoms with Crippen LogP contribution in [-0.4, -0.2) is 21.5 Å². The second-order valence-electron chi connectivity index (χ2n) is 5.18. The molecular weight excluding hydrogens is 248 g/mol. The number of nitrogens with one attached hydrogen (secondary N) is 1. The lowest BCUT2D eigenvalue weighted by atomic mass is 10.0. The Morgan fingerprint density at radius 3 is 2.80 bits per heavy atom. The molecule has 1 aromatic heterocycles. The molecule has 0 amide bonds. The van der Waals surface area contributed by atoms with Crippen LogP contribution in [0.15, 0.2) is 30.5 Å². The van der Waals surface area contributed by atoms with Gasteiger partial charge in [0.2, 0.25) is 0 Å². The Bertz CT molecular complexity index is 533. The van der Waals surface area contributed by atoms with Gasteiger partial charge in [-0.15, -0.1) is 5.10 Å². The standard InChI is InChI=1S/C16H24N4/c1-4-9-17-16(14-8-6-7-13(3)11-14)15-12-18-19-20(15)10-5-2/h6-8,11-12,16-17H,4-5,9-10H2,1-3H3. The number of hydrogen-bond donors (Lipinski definition) is 1. The van der Waals surface area contributed by atoms with Crippen LogP contribution in [0.4, 0.5) is 0 Å². The molecule has 0 spiro atoms. The van der Waals surface area contributed by atoms with Crippen molar-refractivity contribution in [2.75, 3.05) is 6.54 Å². The molecule has 0 bridgehead atoms. The normalized spacial score (nSPS) is 12.6. The molecule has 0 saturated heterocycles. The van der Waals surface area contributed by atoms with E-state index in [0.29, 0.717) is 0 Å². The highest BCUT2D eigenvalue weighted by Crippen LogP contribution is 2.22. The second kappa shape index (κ2) is 7.20. The van der Waals surface area contributed by atoms with Crippen LogP contribution in [0.1, 0.15) is 49.6 Å². The molecule has 4 nitrogen and oxygen atoms in total. The van der Waals surface area contributed by atoms with E-state index >= 15 is 0 Å². The van der Waals surface area contributed by atoms with Crippen LogP contribution in [-0.2, 0) is 6.54 Å². The van der Waals surface area contributed by atoms with Gasteiger partial charge in [-0.1, -0.05) is 48.9 Å². The summed E-state index contributed by atoms with van der Waals surface area (Å²) < 4.78 is 2.01. The first-order valence-corrected chi connectivity index (χ1v) is 7.44. The smallest absolute Gasteiger partial charge is 0.0801 e. The van der Waals surface area contributed by atoms with Gasteiger partial charge in [0.25, 0.3) is 0 Å². The third-order valence-electron chi connectivity index (χ3n) is 3.35. The van der Waals surface area contributed by atoms with E-state index in [1.54, 1.807) is 0 Å². The zero-order valence-electron chi connectivity index (χ0n) is 12.6. The largest absolute Gasteiger partial charge is 0.305 e. The van der Waals surface area contributed by atoms with Crippen molar-refractivity contribution in [3.8, 4) is 0 Å². The first kappa shape index (κ1) is 14.7. The topological polar surface area (TPSA) is 42.7 Å². The molecule has 0 aliphatic heterocycles. The molecule has 2 aromatic rings. The van der Waals surface area contributed by atoms with Gasteiger partial charge in [-0.25, -0.2) is 4.68 Å². The van der Waals surface area contributed by atoms with Crippen molar-refractivity contribution in [1.82, 2.24) is 20.3 Å². The molecule has 0 aliphatic rings. The summed E-state index contributed by atoms with van der Waals surface area (Å²) in [5, 5.41) is 11.9. The highest BCUT2D eigenvalue weighted by molar-refractivity contribution is 5.30. The van der Waals surface area contributed by atoms with Crippen molar-refractivity contribution in [2.45, 2.75) is 46.2 Å². The van der Waals surface area contributed by atoms with E-state index in [4.69, 9.17) is 0 Å². The van der Waals surface area contributed by atoms with E-state index in [1.807, 2.05) is 10.9 Å². The third-order valence-corrected chi connectivity index (χ3v) is 3.35. The maximum absolute atomic E-state index is 4.21. The van der Waals surface area contributed by atoms with Crippen molar-refractivity contribution in [3.05, 3.63) is 47.3 Å². The summed E-state index contributed by atoms with van der Waals surface area (Å²) >= 11 is 0. The van der Waals surface area contributed by atoms with Crippen molar-refractivity contribution < 1.29 is 0 Å². The molecule has 1 atom stereocenters. The Morgan fingerprint density at radius 2 is 2.10 bits per heavy atom. The summed E-state index contributed by atoms with van der Waals surface area (Å²) in [6.45, 7) is 8.36. The Morgan fingerprint density at radius 1 is 1.25 bits per heavy atom. The minimum absolute atomic E-state index is 0.163. The van der Waals surface area contributed by atoms with Gasteiger partial charge >= 0.3 is 0 Å². The number of nitrogens with zero attached hydrogens (tertiary/aromatic N) is 3. The highest BCUT2D eigenvalue weighted by Gasteiger charge is 2.18. The van der Waals surface area contributed by atoms with Gasteiger partial charge in [0.15, 0.2) is 0 Å². The fourth-order valence-electron chi connectivity index (χ4n) is 2.41. The maximum atomic E-state index is 4.21. The molecule has 4 heteroatoms. The zero-order chi connectivity index (χ0) is 14.4. The quantitative estimate of drug-likeness (QED) is 0.842. The van der Waals surface area contributed by atoms with Crippen LogP contribution in [0.3, 0.4) is 0 Å². The zero-order valence-corrected chi connectivity index (χ0v) is 12.6. The fraction of sp³-hybridized carbons (Fsp3) is 0.500. The molecule has 1 aromatic carbocycles. The molecule has 0 radical (unpaired) electrons. The van der Waals surface area contributed by atoms with Gasteiger partial charge < -0.3 is 5.32 Å².